The molecule has 18 heavy (non-hydrogen) atoms. The average molecular weight is 265 g/mol. The lowest BCUT2D eigenvalue weighted by Crippen LogP contribution is -2.18. The van der Waals surface area contributed by atoms with Gasteiger partial charge in [0.05, 0.1) is 0 Å². The Balaban J connectivity index is 2.20. The largest absolute Gasteiger partial charge is 0.294 e. The summed E-state index contributed by atoms with van der Waals surface area (Å²) in [6.45, 7) is 0. The molecule has 7 nitrogen and oxygen atoms in total. The summed E-state index contributed by atoms with van der Waals surface area (Å²) in [4.78, 5) is 3.92. The summed E-state index contributed by atoms with van der Waals surface area (Å²) in [7, 11) is -3.85. The van der Waals surface area contributed by atoms with Gasteiger partial charge in [0.2, 0.25) is 0 Å². The minimum Gasteiger partial charge on any atom is -0.294 e. The lowest BCUT2D eigenvalue weighted by atomic mass is 10.2. The van der Waals surface area contributed by atoms with Crippen LogP contribution in [0.4, 0.5) is 0 Å². The minimum absolute atomic E-state index is 0.122. The molecule has 0 unspecified atom stereocenters. The first kappa shape index (κ1) is 11.3. The van der Waals surface area contributed by atoms with Crippen molar-refractivity contribution in [3.63, 3.8) is 0 Å². The zero-order valence-corrected chi connectivity index (χ0v) is 10.2. The molecule has 3 rings (SSSR count). The molecule has 2 heterocycles. The van der Waals surface area contributed by atoms with Crippen LogP contribution < -0.4 is 5.14 Å². The maximum Gasteiger partial charge on any atom is 0.273 e. The van der Waals surface area contributed by atoms with Gasteiger partial charge in [0.1, 0.15) is 0 Å². The Kier molecular flexibility index (Phi) is 2.42. The van der Waals surface area contributed by atoms with Gasteiger partial charge in [-0.1, -0.05) is 0 Å². The Morgan fingerprint density at radius 1 is 1.22 bits per heavy atom. The Hall–Kier alpha value is -1.80. The van der Waals surface area contributed by atoms with Gasteiger partial charge in [-0.15, -0.1) is 10.2 Å². The maximum absolute atomic E-state index is 11.5. The summed E-state index contributed by atoms with van der Waals surface area (Å²) in [6, 6.07) is 3.64. The van der Waals surface area contributed by atoms with Gasteiger partial charge < -0.3 is 0 Å². The fourth-order valence-corrected chi connectivity index (χ4v) is 2.50. The first-order valence-electron chi connectivity index (χ1n) is 5.45. The van der Waals surface area contributed by atoms with E-state index < -0.39 is 10.0 Å². The SMILES string of the molecule is NS(=O)(=O)c1nnc(-c2ccncc2)n1C1CC1. The second-order valence-corrected chi connectivity index (χ2v) is 5.64. The van der Waals surface area contributed by atoms with Gasteiger partial charge >= 0.3 is 0 Å². The van der Waals surface area contributed by atoms with Gasteiger partial charge in [0.15, 0.2) is 5.82 Å². The molecule has 0 aliphatic heterocycles. The van der Waals surface area contributed by atoms with Crippen LogP contribution in [-0.4, -0.2) is 28.2 Å². The van der Waals surface area contributed by atoms with Crippen LogP contribution >= 0.6 is 0 Å². The topological polar surface area (TPSA) is 104 Å². The molecule has 8 heteroatoms. The summed E-state index contributed by atoms with van der Waals surface area (Å²) in [5, 5.41) is 12.6. The predicted octanol–water partition coefficient (Wildman–Crippen LogP) is 0.322. The second kappa shape index (κ2) is 3.85. The third kappa shape index (κ3) is 1.89. The van der Waals surface area contributed by atoms with Crippen molar-refractivity contribution < 1.29 is 8.42 Å². The normalized spacial score (nSPS) is 15.8. The smallest absolute Gasteiger partial charge is 0.273 e. The van der Waals surface area contributed by atoms with Crippen LogP contribution in [0.1, 0.15) is 18.9 Å². The highest BCUT2D eigenvalue weighted by molar-refractivity contribution is 7.89. The zero-order valence-electron chi connectivity index (χ0n) is 9.39. The van der Waals surface area contributed by atoms with E-state index in [1.54, 1.807) is 29.1 Å². The molecule has 0 bridgehead atoms. The third-order valence-corrected chi connectivity index (χ3v) is 3.56. The predicted molar refractivity (Wildman–Crippen MR) is 62.9 cm³/mol. The van der Waals surface area contributed by atoms with Gasteiger partial charge in [-0.3, -0.25) is 9.55 Å². The maximum atomic E-state index is 11.5. The van der Waals surface area contributed by atoms with E-state index in [1.165, 1.54) is 0 Å². The lowest BCUT2D eigenvalue weighted by Gasteiger charge is -2.07. The molecule has 1 aliphatic carbocycles. The quantitative estimate of drug-likeness (QED) is 0.860. The van der Waals surface area contributed by atoms with E-state index in [2.05, 4.69) is 15.2 Å². The lowest BCUT2D eigenvalue weighted by molar-refractivity contribution is 0.567. The van der Waals surface area contributed by atoms with E-state index in [9.17, 15) is 8.42 Å². The number of primary sulfonamides is 1. The Morgan fingerprint density at radius 2 is 1.89 bits per heavy atom. The highest BCUT2D eigenvalue weighted by Crippen LogP contribution is 2.39. The standard InChI is InChI=1S/C10H11N5O2S/c11-18(16,17)10-14-13-9(15(10)8-1-2-8)7-3-5-12-6-4-7/h3-6,8H,1-2H2,(H2,11,16,17). The van der Waals surface area contributed by atoms with Crippen LogP contribution in [0.3, 0.4) is 0 Å². The summed E-state index contributed by atoms with van der Waals surface area (Å²) in [6.07, 6.45) is 5.08. The van der Waals surface area contributed by atoms with Crippen molar-refractivity contribution in [1.82, 2.24) is 19.7 Å². The molecule has 94 valence electrons. The van der Waals surface area contributed by atoms with E-state index in [0.29, 0.717) is 5.82 Å². The number of rotatable bonds is 3. The number of sulfonamides is 1. The summed E-state index contributed by atoms with van der Waals surface area (Å²) in [5.41, 5.74) is 0.777. The van der Waals surface area contributed by atoms with Crippen molar-refractivity contribution in [3.05, 3.63) is 24.5 Å². The molecule has 2 N–H and O–H groups in total. The van der Waals surface area contributed by atoms with E-state index in [4.69, 9.17) is 5.14 Å². The molecule has 0 atom stereocenters. The fourth-order valence-electron chi connectivity index (χ4n) is 1.83. The van der Waals surface area contributed by atoms with E-state index >= 15 is 0 Å². The van der Waals surface area contributed by atoms with E-state index in [0.717, 1.165) is 18.4 Å². The molecule has 2 aromatic rings. The van der Waals surface area contributed by atoms with Gasteiger partial charge in [-0.25, -0.2) is 13.6 Å². The zero-order chi connectivity index (χ0) is 12.8. The van der Waals surface area contributed by atoms with Gasteiger partial charge in [0, 0.05) is 24.0 Å². The van der Waals surface area contributed by atoms with E-state index in [1.807, 2.05) is 0 Å². The van der Waals surface area contributed by atoms with Crippen molar-refractivity contribution in [3.8, 4) is 11.4 Å². The summed E-state index contributed by atoms with van der Waals surface area (Å²) >= 11 is 0. The van der Waals surface area contributed by atoms with Crippen LogP contribution in [0, 0.1) is 0 Å². The number of pyridine rings is 1. The van der Waals surface area contributed by atoms with Crippen molar-refractivity contribution >= 4 is 10.0 Å². The van der Waals surface area contributed by atoms with Crippen molar-refractivity contribution in [2.24, 2.45) is 5.14 Å². The number of hydrogen-bond acceptors (Lipinski definition) is 5. The molecule has 2 aromatic heterocycles. The van der Waals surface area contributed by atoms with Crippen LogP contribution in [0.2, 0.25) is 0 Å². The molecule has 0 amide bonds. The van der Waals surface area contributed by atoms with Crippen LogP contribution in [0.15, 0.2) is 29.7 Å². The second-order valence-electron chi connectivity index (χ2n) is 4.19. The minimum atomic E-state index is -3.85. The Morgan fingerprint density at radius 3 is 2.44 bits per heavy atom. The Labute approximate surface area is 104 Å². The van der Waals surface area contributed by atoms with Gasteiger partial charge in [-0.05, 0) is 25.0 Å². The molecule has 1 saturated carbocycles. The number of nitrogens with two attached hydrogens (primary N) is 1. The molecule has 0 spiro atoms. The van der Waals surface area contributed by atoms with Crippen molar-refractivity contribution in [2.75, 3.05) is 0 Å². The van der Waals surface area contributed by atoms with Crippen LogP contribution in [0.25, 0.3) is 11.4 Å². The van der Waals surface area contributed by atoms with Gasteiger partial charge in [-0.2, -0.15) is 0 Å². The summed E-state index contributed by atoms with van der Waals surface area (Å²) < 4.78 is 24.5. The Bertz CT molecular complexity index is 676. The fraction of sp³-hybridized carbons (Fsp3) is 0.300. The molecule has 1 aliphatic rings. The molecule has 0 radical (unpaired) electrons. The highest BCUT2D eigenvalue weighted by Gasteiger charge is 2.33. The molecule has 0 saturated heterocycles. The van der Waals surface area contributed by atoms with E-state index in [-0.39, 0.29) is 11.2 Å². The average Bonchev–Trinajstić information content (AvgIpc) is 3.07. The van der Waals surface area contributed by atoms with Gasteiger partial charge in [0.25, 0.3) is 15.2 Å². The first-order valence-corrected chi connectivity index (χ1v) is 7.00. The molecule has 0 aromatic carbocycles. The number of aromatic nitrogens is 4. The van der Waals surface area contributed by atoms with Crippen LogP contribution in [0.5, 0.6) is 0 Å². The van der Waals surface area contributed by atoms with Crippen molar-refractivity contribution in [2.45, 2.75) is 24.0 Å². The molecular weight excluding hydrogens is 254 g/mol. The highest BCUT2D eigenvalue weighted by atomic mass is 32.2. The molecular formula is C10H11N5O2S. The van der Waals surface area contributed by atoms with Crippen molar-refractivity contribution in [1.29, 1.82) is 0 Å². The first-order chi connectivity index (χ1) is 8.57. The number of nitrogens with zero attached hydrogens (tertiary/aromatic N) is 4. The van der Waals surface area contributed by atoms with Crippen LogP contribution in [-0.2, 0) is 10.0 Å². The number of hydrogen-bond donors (Lipinski definition) is 1. The third-order valence-electron chi connectivity index (χ3n) is 2.77. The summed E-state index contributed by atoms with van der Waals surface area (Å²) in [5.74, 6) is 0.518. The monoisotopic (exact) mass is 265 g/mol. The molecule has 1 fully saturated rings.